The summed E-state index contributed by atoms with van der Waals surface area (Å²) in [5, 5.41) is 2.83. The molecule has 0 aliphatic rings. The molecule has 0 aromatic carbocycles. The minimum Gasteiger partial charge on any atom is -0.352 e. The van der Waals surface area contributed by atoms with Crippen LogP contribution in [0.2, 0.25) is 0 Å². The molecule has 0 saturated heterocycles. The predicted octanol–water partition coefficient (Wildman–Crippen LogP) is 3.47. The lowest BCUT2D eigenvalue weighted by Crippen LogP contribution is -2.21. The zero-order chi connectivity index (χ0) is 13.1. The number of hydrogen-bond acceptors (Lipinski definition) is 3. The van der Waals surface area contributed by atoms with Crippen LogP contribution in [0, 0.1) is 0 Å². The van der Waals surface area contributed by atoms with E-state index in [-0.39, 0.29) is 16.8 Å². The highest BCUT2D eigenvalue weighted by molar-refractivity contribution is 9.09. The predicted molar refractivity (Wildman–Crippen MR) is 63.1 cm³/mol. The van der Waals surface area contributed by atoms with Gasteiger partial charge in [0.1, 0.15) is 5.69 Å². The molecule has 3 nitrogen and oxygen atoms in total. The fraction of sp³-hybridized carbons (Fsp3) is 0.600. The van der Waals surface area contributed by atoms with Crippen molar-refractivity contribution in [1.29, 1.82) is 0 Å². The molecule has 0 aliphatic carbocycles. The molecule has 1 heterocycles. The van der Waals surface area contributed by atoms with Crippen LogP contribution in [0.1, 0.15) is 26.0 Å². The highest BCUT2D eigenvalue weighted by Crippen LogP contribution is 2.27. The van der Waals surface area contributed by atoms with E-state index >= 15 is 0 Å². The molecule has 7 heteroatoms. The van der Waals surface area contributed by atoms with Gasteiger partial charge in [0, 0.05) is 17.1 Å². The summed E-state index contributed by atoms with van der Waals surface area (Å²) in [4.78, 5) is 7.47. The third kappa shape index (κ3) is 4.89. The van der Waals surface area contributed by atoms with Gasteiger partial charge < -0.3 is 5.32 Å². The molecule has 0 fully saturated rings. The SMILES string of the molecule is CC(Br)CC(C)Nc1nccc(C(F)(F)F)n1. The lowest BCUT2D eigenvalue weighted by molar-refractivity contribution is -0.141. The zero-order valence-corrected chi connectivity index (χ0v) is 11.0. The summed E-state index contributed by atoms with van der Waals surface area (Å²) in [6.45, 7) is 3.83. The first kappa shape index (κ1) is 14.2. The smallest absolute Gasteiger partial charge is 0.352 e. The summed E-state index contributed by atoms with van der Waals surface area (Å²) in [5.74, 6) is 0.000440. The van der Waals surface area contributed by atoms with Crippen LogP contribution in [0.15, 0.2) is 12.3 Å². The van der Waals surface area contributed by atoms with E-state index in [0.29, 0.717) is 0 Å². The molecule has 0 aliphatic heterocycles. The van der Waals surface area contributed by atoms with Crippen molar-refractivity contribution in [2.24, 2.45) is 0 Å². The quantitative estimate of drug-likeness (QED) is 0.865. The Balaban J connectivity index is 2.72. The van der Waals surface area contributed by atoms with Gasteiger partial charge in [0.25, 0.3) is 0 Å². The van der Waals surface area contributed by atoms with E-state index in [9.17, 15) is 13.2 Å². The average Bonchev–Trinajstić information content (AvgIpc) is 2.15. The normalized spacial score (nSPS) is 15.4. The van der Waals surface area contributed by atoms with Gasteiger partial charge in [-0.15, -0.1) is 0 Å². The van der Waals surface area contributed by atoms with Crippen LogP contribution < -0.4 is 5.32 Å². The molecule has 1 aromatic heterocycles. The minimum atomic E-state index is -4.44. The molecule has 1 aromatic rings. The van der Waals surface area contributed by atoms with Gasteiger partial charge in [-0.3, -0.25) is 0 Å². The van der Waals surface area contributed by atoms with Gasteiger partial charge in [0.05, 0.1) is 0 Å². The van der Waals surface area contributed by atoms with Crippen LogP contribution in [-0.4, -0.2) is 20.8 Å². The van der Waals surface area contributed by atoms with Crippen molar-refractivity contribution in [3.63, 3.8) is 0 Å². The summed E-state index contributed by atoms with van der Waals surface area (Å²) in [7, 11) is 0. The molecule has 0 amide bonds. The van der Waals surface area contributed by atoms with Gasteiger partial charge in [-0.05, 0) is 19.4 Å². The molecule has 96 valence electrons. The van der Waals surface area contributed by atoms with Crippen LogP contribution in [0.25, 0.3) is 0 Å². The third-order valence-corrected chi connectivity index (χ3v) is 2.37. The Kier molecular flexibility index (Phi) is 4.73. The van der Waals surface area contributed by atoms with Gasteiger partial charge in [0.2, 0.25) is 5.95 Å². The second-order valence-electron chi connectivity index (χ2n) is 3.83. The van der Waals surface area contributed by atoms with E-state index < -0.39 is 11.9 Å². The summed E-state index contributed by atoms with van der Waals surface area (Å²) < 4.78 is 37.2. The lowest BCUT2D eigenvalue weighted by atomic mass is 10.2. The van der Waals surface area contributed by atoms with Crippen LogP contribution in [0.5, 0.6) is 0 Å². The van der Waals surface area contributed by atoms with Crippen molar-refractivity contribution in [1.82, 2.24) is 9.97 Å². The summed E-state index contributed by atoms with van der Waals surface area (Å²) in [5.41, 5.74) is -0.936. The van der Waals surface area contributed by atoms with Crippen molar-refractivity contribution in [2.45, 2.75) is 37.3 Å². The molecule has 2 unspecified atom stereocenters. The number of nitrogens with one attached hydrogen (secondary N) is 1. The molecule has 0 saturated carbocycles. The van der Waals surface area contributed by atoms with E-state index in [1.807, 2.05) is 13.8 Å². The topological polar surface area (TPSA) is 37.8 Å². The molecule has 2 atom stereocenters. The van der Waals surface area contributed by atoms with Gasteiger partial charge in [-0.2, -0.15) is 13.2 Å². The number of nitrogens with zero attached hydrogens (tertiary/aromatic N) is 2. The summed E-state index contributed by atoms with van der Waals surface area (Å²) in [6, 6.07) is 0.844. The molecular weight excluding hydrogens is 299 g/mol. The second kappa shape index (κ2) is 5.66. The molecule has 0 bridgehead atoms. The third-order valence-electron chi connectivity index (χ3n) is 2.00. The average molecular weight is 312 g/mol. The first-order chi connectivity index (χ1) is 7.79. The maximum Gasteiger partial charge on any atom is 0.433 e. The Morgan fingerprint density at radius 3 is 2.59 bits per heavy atom. The van der Waals surface area contributed by atoms with Crippen molar-refractivity contribution in [3.8, 4) is 0 Å². The van der Waals surface area contributed by atoms with Crippen LogP contribution in [0.3, 0.4) is 0 Å². The summed E-state index contributed by atoms with van der Waals surface area (Å²) >= 11 is 3.37. The number of halogens is 4. The monoisotopic (exact) mass is 311 g/mol. The Bertz CT molecular complexity index is 368. The molecular formula is C10H13BrF3N3. The van der Waals surface area contributed by atoms with Crippen LogP contribution in [0.4, 0.5) is 19.1 Å². The number of hydrogen-bond donors (Lipinski definition) is 1. The maximum absolute atomic E-state index is 12.4. The van der Waals surface area contributed by atoms with Crippen LogP contribution in [-0.2, 0) is 6.18 Å². The van der Waals surface area contributed by atoms with Gasteiger partial charge in [-0.25, -0.2) is 9.97 Å². The van der Waals surface area contributed by atoms with Crippen molar-refractivity contribution in [3.05, 3.63) is 18.0 Å². The van der Waals surface area contributed by atoms with Crippen molar-refractivity contribution in [2.75, 3.05) is 5.32 Å². The highest BCUT2D eigenvalue weighted by Gasteiger charge is 2.32. The molecule has 1 N–H and O–H groups in total. The maximum atomic E-state index is 12.4. The van der Waals surface area contributed by atoms with Crippen molar-refractivity contribution < 1.29 is 13.2 Å². The fourth-order valence-corrected chi connectivity index (χ4v) is 1.91. The van der Waals surface area contributed by atoms with Gasteiger partial charge in [-0.1, -0.05) is 22.9 Å². The van der Waals surface area contributed by atoms with E-state index in [0.717, 1.165) is 18.7 Å². The first-order valence-corrected chi connectivity index (χ1v) is 6.01. The highest BCUT2D eigenvalue weighted by atomic mass is 79.9. The Morgan fingerprint density at radius 1 is 1.41 bits per heavy atom. The lowest BCUT2D eigenvalue weighted by Gasteiger charge is -2.15. The standard InChI is InChI=1S/C10H13BrF3N3/c1-6(11)5-7(2)16-9-15-4-3-8(17-9)10(12,13)14/h3-4,6-7H,5H2,1-2H3,(H,15,16,17). The minimum absolute atomic E-state index is 0.000440. The molecule has 1 rings (SSSR count). The first-order valence-electron chi connectivity index (χ1n) is 5.10. The zero-order valence-electron chi connectivity index (χ0n) is 9.42. The Labute approximate surface area is 106 Å². The fourth-order valence-electron chi connectivity index (χ4n) is 1.35. The van der Waals surface area contributed by atoms with Crippen molar-refractivity contribution >= 4 is 21.9 Å². The number of anilines is 1. The number of alkyl halides is 4. The number of aromatic nitrogens is 2. The van der Waals surface area contributed by atoms with Crippen LogP contribution >= 0.6 is 15.9 Å². The number of rotatable bonds is 4. The van der Waals surface area contributed by atoms with Gasteiger partial charge in [0.15, 0.2) is 0 Å². The van der Waals surface area contributed by atoms with Gasteiger partial charge >= 0.3 is 6.18 Å². The van der Waals surface area contributed by atoms with E-state index in [1.54, 1.807) is 0 Å². The Hall–Kier alpha value is -0.850. The molecule has 17 heavy (non-hydrogen) atoms. The molecule has 0 radical (unpaired) electrons. The van der Waals surface area contributed by atoms with E-state index in [2.05, 4.69) is 31.2 Å². The summed E-state index contributed by atoms with van der Waals surface area (Å²) in [6.07, 6.45) is -2.58. The molecule has 0 spiro atoms. The van der Waals surface area contributed by atoms with E-state index in [4.69, 9.17) is 0 Å². The second-order valence-corrected chi connectivity index (χ2v) is 5.39. The van der Waals surface area contributed by atoms with E-state index in [1.165, 1.54) is 0 Å². The Morgan fingerprint density at radius 2 is 2.06 bits per heavy atom. The largest absolute Gasteiger partial charge is 0.433 e.